The van der Waals surface area contributed by atoms with E-state index in [2.05, 4.69) is 9.80 Å². The number of nitrogens with zero attached hydrogens (tertiary/aromatic N) is 2. The number of rotatable bonds is 8. The van der Waals surface area contributed by atoms with Crippen molar-refractivity contribution in [3.63, 3.8) is 0 Å². The van der Waals surface area contributed by atoms with Gasteiger partial charge in [-0.25, -0.2) is 8.42 Å². The fourth-order valence-electron chi connectivity index (χ4n) is 5.02. The fraction of sp³-hybridized carbons (Fsp3) is 1.00. The number of sulfone groups is 1. The van der Waals surface area contributed by atoms with Gasteiger partial charge in [0.2, 0.25) is 0 Å². The molecule has 8 nitrogen and oxygen atoms in total. The zero-order chi connectivity index (χ0) is 20.1. The van der Waals surface area contributed by atoms with E-state index in [9.17, 15) is 8.42 Å². The standard InChI is InChI=1S/C20H36N2O6S/c23-29(24,15-9-21-7-3-1-5-17(21)19-25-11-12-26-19)16-10-22-8-4-2-6-18(22)20-27-13-14-28-20/h17-20H,1-16H2. The van der Waals surface area contributed by atoms with E-state index in [1.54, 1.807) is 0 Å². The van der Waals surface area contributed by atoms with Crippen LogP contribution in [0.5, 0.6) is 0 Å². The van der Waals surface area contributed by atoms with E-state index in [4.69, 9.17) is 18.9 Å². The van der Waals surface area contributed by atoms with E-state index >= 15 is 0 Å². The minimum atomic E-state index is -3.12. The van der Waals surface area contributed by atoms with Crippen LogP contribution in [0.4, 0.5) is 0 Å². The molecule has 4 heterocycles. The largest absolute Gasteiger partial charge is 0.349 e. The first-order valence-corrected chi connectivity index (χ1v) is 13.1. The second-order valence-electron chi connectivity index (χ2n) is 8.57. The molecule has 9 heteroatoms. The SMILES string of the molecule is O=S(=O)(CCN1CCCCC1C1OCCO1)CCN1CCCCC1C1OCCO1. The molecule has 0 aromatic rings. The van der Waals surface area contributed by atoms with Crippen LogP contribution in [0.25, 0.3) is 0 Å². The Bertz CT molecular complexity index is 560. The Hall–Kier alpha value is -0.290. The van der Waals surface area contributed by atoms with Gasteiger partial charge in [0.1, 0.15) is 0 Å². The molecule has 2 unspecified atom stereocenters. The van der Waals surface area contributed by atoms with E-state index in [0.29, 0.717) is 39.5 Å². The molecular formula is C20H36N2O6S. The second kappa shape index (κ2) is 10.3. The van der Waals surface area contributed by atoms with E-state index in [-0.39, 0.29) is 36.2 Å². The molecule has 0 spiro atoms. The third kappa shape index (κ3) is 5.90. The maximum atomic E-state index is 12.8. The summed E-state index contributed by atoms with van der Waals surface area (Å²) >= 11 is 0. The van der Waals surface area contributed by atoms with E-state index in [0.717, 1.165) is 51.6 Å². The number of ether oxygens (including phenoxy) is 4. The van der Waals surface area contributed by atoms with Gasteiger partial charge in [-0.1, -0.05) is 12.8 Å². The number of hydrogen-bond acceptors (Lipinski definition) is 8. The lowest BCUT2D eigenvalue weighted by Crippen LogP contribution is -2.50. The smallest absolute Gasteiger partial charge is 0.173 e. The summed E-state index contributed by atoms with van der Waals surface area (Å²) in [6.45, 7) is 5.53. The number of hydrogen-bond donors (Lipinski definition) is 0. The third-order valence-corrected chi connectivity index (χ3v) is 8.24. The van der Waals surface area contributed by atoms with Crippen LogP contribution in [-0.2, 0) is 28.8 Å². The van der Waals surface area contributed by atoms with Gasteiger partial charge in [0.05, 0.1) is 50.0 Å². The molecule has 0 radical (unpaired) electrons. The van der Waals surface area contributed by atoms with Crippen LogP contribution in [0.1, 0.15) is 38.5 Å². The first-order chi connectivity index (χ1) is 14.1. The van der Waals surface area contributed by atoms with Crippen LogP contribution in [0.15, 0.2) is 0 Å². The minimum absolute atomic E-state index is 0.185. The van der Waals surface area contributed by atoms with Crippen molar-refractivity contribution in [3.05, 3.63) is 0 Å². The molecule has 0 saturated carbocycles. The van der Waals surface area contributed by atoms with Crippen molar-refractivity contribution in [1.29, 1.82) is 0 Å². The highest BCUT2D eigenvalue weighted by atomic mass is 32.2. The molecule has 0 aromatic carbocycles. The summed E-state index contributed by atoms with van der Waals surface area (Å²) in [6.07, 6.45) is 6.16. The summed E-state index contributed by atoms with van der Waals surface area (Å²) < 4.78 is 48.4. The Kier molecular flexibility index (Phi) is 7.82. The Morgan fingerprint density at radius 1 is 0.655 bits per heavy atom. The molecule has 4 aliphatic rings. The van der Waals surface area contributed by atoms with Crippen LogP contribution in [0.2, 0.25) is 0 Å². The molecule has 0 amide bonds. The monoisotopic (exact) mass is 432 g/mol. The maximum Gasteiger partial charge on any atom is 0.173 e. The predicted molar refractivity (Wildman–Crippen MR) is 108 cm³/mol. The predicted octanol–water partition coefficient (Wildman–Crippen LogP) is 0.856. The summed E-state index contributed by atoms with van der Waals surface area (Å²) in [4.78, 5) is 4.53. The molecule has 168 valence electrons. The summed E-state index contributed by atoms with van der Waals surface area (Å²) in [6, 6.07) is 0.370. The molecule has 0 aliphatic carbocycles. The van der Waals surface area contributed by atoms with Gasteiger partial charge >= 0.3 is 0 Å². The van der Waals surface area contributed by atoms with Crippen LogP contribution in [-0.4, -0.2) is 107 Å². The third-order valence-electron chi connectivity index (χ3n) is 6.63. The van der Waals surface area contributed by atoms with Crippen molar-refractivity contribution in [2.24, 2.45) is 0 Å². The van der Waals surface area contributed by atoms with Crippen molar-refractivity contribution in [1.82, 2.24) is 9.80 Å². The van der Waals surface area contributed by atoms with Gasteiger partial charge in [0, 0.05) is 13.1 Å². The van der Waals surface area contributed by atoms with Gasteiger partial charge in [0.15, 0.2) is 22.4 Å². The Morgan fingerprint density at radius 3 is 1.48 bits per heavy atom. The van der Waals surface area contributed by atoms with Crippen LogP contribution in [0, 0.1) is 0 Å². The molecule has 0 bridgehead atoms. The quantitative estimate of drug-likeness (QED) is 0.559. The van der Waals surface area contributed by atoms with Crippen molar-refractivity contribution in [2.75, 3.05) is 64.1 Å². The first kappa shape index (κ1) is 21.9. The van der Waals surface area contributed by atoms with E-state index in [1.807, 2.05) is 0 Å². The zero-order valence-electron chi connectivity index (χ0n) is 17.4. The Labute approximate surface area is 174 Å². The minimum Gasteiger partial charge on any atom is -0.349 e. The topological polar surface area (TPSA) is 77.5 Å². The lowest BCUT2D eigenvalue weighted by Gasteiger charge is -2.38. The highest BCUT2D eigenvalue weighted by molar-refractivity contribution is 7.91. The number of likely N-dealkylation sites (tertiary alicyclic amines) is 2. The van der Waals surface area contributed by atoms with E-state index < -0.39 is 9.84 Å². The summed E-state index contributed by atoms with van der Waals surface area (Å²) in [7, 11) is -3.12. The fourth-order valence-corrected chi connectivity index (χ4v) is 6.25. The summed E-state index contributed by atoms with van der Waals surface area (Å²) in [5.41, 5.74) is 0. The average molecular weight is 433 g/mol. The molecule has 29 heavy (non-hydrogen) atoms. The van der Waals surface area contributed by atoms with Crippen molar-refractivity contribution in [2.45, 2.75) is 63.2 Å². The van der Waals surface area contributed by atoms with Crippen LogP contribution < -0.4 is 0 Å². The molecule has 4 aliphatic heterocycles. The summed E-state index contributed by atoms with van der Waals surface area (Å²) in [5.74, 6) is 0.399. The van der Waals surface area contributed by atoms with E-state index in [1.165, 1.54) is 0 Å². The van der Waals surface area contributed by atoms with Gasteiger partial charge in [-0.15, -0.1) is 0 Å². The normalized spacial score (nSPS) is 31.6. The van der Waals surface area contributed by atoms with Gasteiger partial charge in [-0.05, 0) is 38.8 Å². The lowest BCUT2D eigenvalue weighted by atomic mass is 10.0. The molecule has 2 atom stereocenters. The Balaban J connectivity index is 1.26. The average Bonchev–Trinajstić information content (AvgIpc) is 3.46. The molecule has 4 fully saturated rings. The maximum absolute atomic E-state index is 12.8. The molecule has 4 rings (SSSR count). The Morgan fingerprint density at radius 2 is 1.07 bits per heavy atom. The van der Waals surface area contributed by atoms with Crippen molar-refractivity contribution in [3.8, 4) is 0 Å². The highest BCUT2D eigenvalue weighted by Gasteiger charge is 2.35. The van der Waals surface area contributed by atoms with Gasteiger partial charge in [-0.2, -0.15) is 0 Å². The second-order valence-corrected chi connectivity index (χ2v) is 10.9. The first-order valence-electron chi connectivity index (χ1n) is 11.3. The molecule has 4 saturated heterocycles. The molecule has 0 N–H and O–H groups in total. The number of piperidine rings is 2. The molecular weight excluding hydrogens is 396 g/mol. The molecule has 0 aromatic heterocycles. The van der Waals surface area contributed by atoms with Gasteiger partial charge < -0.3 is 18.9 Å². The van der Waals surface area contributed by atoms with Gasteiger partial charge in [0.25, 0.3) is 0 Å². The van der Waals surface area contributed by atoms with Crippen LogP contribution in [0.3, 0.4) is 0 Å². The highest BCUT2D eigenvalue weighted by Crippen LogP contribution is 2.25. The zero-order valence-corrected chi connectivity index (χ0v) is 18.2. The van der Waals surface area contributed by atoms with Gasteiger partial charge in [-0.3, -0.25) is 9.80 Å². The van der Waals surface area contributed by atoms with Crippen molar-refractivity contribution < 1.29 is 27.4 Å². The van der Waals surface area contributed by atoms with Crippen molar-refractivity contribution >= 4 is 9.84 Å². The lowest BCUT2D eigenvalue weighted by molar-refractivity contribution is -0.108. The van der Waals surface area contributed by atoms with Crippen LogP contribution >= 0.6 is 0 Å². The summed E-state index contributed by atoms with van der Waals surface area (Å²) in [5, 5.41) is 0.